The van der Waals surface area contributed by atoms with Gasteiger partial charge >= 0.3 is 52.4 Å². The van der Waals surface area contributed by atoms with E-state index in [2.05, 4.69) is 0 Å². The van der Waals surface area contributed by atoms with Crippen molar-refractivity contribution >= 4 is 16.9 Å². The first-order valence-electron chi connectivity index (χ1n) is 2.96. The van der Waals surface area contributed by atoms with Crippen molar-refractivity contribution in [2.24, 2.45) is 0 Å². The summed E-state index contributed by atoms with van der Waals surface area (Å²) in [6, 6.07) is 0. The van der Waals surface area contributed by atoms with Crippen LogP contribution in [-0.2, 0) is 3.76 Å². The standard InChI is InChI=1S/C5H12GeO/c6-7-5-3-1-2-4-5/h5H,1-4H2,6H3. The van der Waals surface area contributed by atoms with Crippen molar-refractivity contribution < 1.29 is 3.76 Å². The Hall–Kier alpha value is 0.503. The molecule has 0 N–H and O–H groups in total. The Morgan fingerprint density at radius 1 is 1.29 bits per heavy atom. The van der Waals surface area contributed by atoms with Crippen LogP contribution in [0.15, 0.2) is 0 Å². The number of hydrogen-bond acceptors (Lipinski definition) is 1. The molecule has 0 atom stereocenters. The Labute approximate surface area is 53.0 Å². The van der Waals surface area contributed by atoms with Crippen molar-refractivity contribution in [1.82, 2.24) is 0 Å². The van der Waals surface area contributed by atoms with Gasteiger partial charge in [-0.1, -0.05) is 0 Å². The Bertz CT molecular complexity index is 50.0. The topological polar surface area (TPSA) is 9.23 Å². The number of rotatable bonds is 1. The molecule has 0 unspecified atom stereocenters. The van der Waals surface area contributed by atoms with E-state index in [1.165, 1.54) is 25.7 Å². The zero-order chi connectivity index (χ0) is 5.11. The van der Waals surface area contributed by atoms with E-state index in [-0.39, 0.29) is 0 Å². The second-order valence-electron chi connectivity index (χ2n) is 2.14. The second kappa shape index (κ2) is 2.72. The zero-order valence-corrected chi connectivity index (χ0v) is 9.01. The van der Waals surface area contributed by atoms with Gasteiger partial charge in [-0.3, -0.25) is 0 Å². The van der Waals surface area contributed by atoms with Gasteiger partial charge in [-0.25, -0.2) is 0 Å². The molecule has 0 aliphatic heterocycles. The summed E-state index contributed by atoms with van der Waals surface area (Å²) in [5.41, 5.74) is 0. The predicted octanol–water partition coefficient (Wildman–Crippen LogP) is 0.226. The third-order valence-corrected chi connectivity index (χ3v) is 3.03. The average molecular weight is 161 g/mol. The second-order valence-corrected chi connectivity index (χ2v) is 3.13. The van der Waals surface area contributed by atoms with E-state index < -0.39 is 0 Å². The van der Waals surface area contributed by atoms with Gasteiger partial charge < -0.3 is 0 Å². The van der Waals surface area contributed by atoms with Gasteiger partial charge in [-0.05, 0) is 0 Å². The molecule has 1 rings (SSSR count). The van der Waals surface area contributed by atoms with E-state index in [0.717, 1.165) is 0 Å². The third-order valence-electron chi connectivity index (χ3n) is 1.64. The van der Waals surface area contributed by atoms with Crippen LogP contribution >= 0.6 is 0 Å². The average Bonchev–Trinajstić information content (AvgIpc) is 2.14. The summed E-state index contributed by atoms with van der Waals surface area (Å²) < 4.78 is 5.30. The molecule has 0 radical (unpaired) electrons. The maximum atomic E-state index is 5.30. The van der Waals surface area contributed by atoms with E-state index in [0.29, 0.717) is 23.0 Å². The number of hydrogen-bond donors (Lipinski definition) is 0. The van der Waals surface area contributed by atoms with E-state index in [1.807, 2.05) is 0 Å². The summed E-state index contributed by atoms with van der Waals surface area (Å²) in [6.07, 6.45) is 6.16. The third kappa shape index (κ3) is 1.46. The van der Waals surface area contributed by atoms with Gasteiger partial charge in [0.25, 0.3) is 0 Å². The fourth-order valence-electron chi connectivity index (χ4n) is 1.12. The van der Waals surface area contributed by atoms with Gasteiger partial charge in [-0.2, -0.15) is 0 Å². The molecule has 0 aromatic rings. The van der Waals surface area contributed by atoms with Crippen LogP contribution in [0, 0.1) is 0 Å². The first kappa shape index (κ1) is 5.64. The van der Waals surface area contributed by atoms with Crippen molar-refractivity contribution in [1.29, 1.82) is 0 Å². The molecule has 2 heteroatoms. The molecule has 1 aliphatic carbocycles. The summed E-state index contributed by atoms with van der Waals surface area (Å²) >= 11 is 0.627. The van der Waals surface area contributed by atoms with Crippen LogP contribution in [0.25, 0.3) is 0 Å². The molecule has 1 fully saturated rings. The summed E-state index contributed by atoms with van der Waals surface area (Å²) in [5.74, 6) is 0. The zero-order valence-electron chi connectivity index (χ0n) is 4.81. The van der Waals surface area contributed by atoms with Crippen molar-refractivity contribution in [3.8, 4) is 0 Å². The fraction of sp³-hybridized carbons (Fsp3) is 1.00. The minimum atomic E-state index is 0.627. The van der Waals surface area contributed by atoms with Gasteiger partial charge in [0.1, 0.15) is 0 Å². The van der Waals surface area contributed by atoms with E-state index >= 15 is 0 Å². The Morgan fingerprint density at radius 3 is 2.14 bits per heavy atom. The summed E-state index contributed by atoms with van der Waals surface area (Å²) in [6.45, 7) is 0. The Morgan fingerprint density at radius 2 is 1.86 bits per heavy atom. The molecule has 0 spiro atoms. The quantitative estimate of drug-likeness (QED) is 0.499. The van der Waals surface area contributed by atoms with E-state index in [1.54, 1.807) is 0 Å². The SMILES string of the molecule is [GeH3][O]C1CCCC1. The molecule has 1 saturated carbocycles. The molecule has 0 bridgehead atoms. The summed E-state index contributed by atoms with van der Waals surface area (Å²) in [5, 5.41) is 0. The Balaban J connectivity index is 2.14. The molecular weight excluding hydrogens is 149 g/mol. The molecular formula is C5H12GeO. The van der Waals surface area contributed by atoms with Crippen molar-refractivity contribution in [2.75, 3.05) is 0 Å². The van der Waals surface area contributed by atoms with Crippen molar-refractivity contribution in [3.05, 3.63) is 0 Å². The molecule has 0 amide bonds. The Kier molecular flexibility index (Phi) is 2.19. The van der Waals surface area contributed by atoms with Crippen LogP contribution in [0.5, 0.6) is 0 Å². The monoisotopic (exact) mass is 162 g/mol. The van der Waals surface area contributed by atoms with Crippen LogP contribution in [-0.4, -0.2) is 23.0 Å². The van der Waals surface area contributed by atoms with E-state index in [4.69, 9.17) is 3.76 Å². The molecule has 0 aromatic carbocycles. The van der Waals surface area contributed by atoms with Crippen LogP contribution < -0.4 is 0 Å². The van der Waals surface area contributed by atoms with Crippen LogP contribution in [0.4, 0.5) is 0 Å². The first-order chi connectivity index (χ1) is 3.43. The normalized spacial score (nSPS) is 24.0. The van der Waals surface area contributed by atoms with Gasteiger partial charge in [0.15, 0.2) is 0 Å². The summed E-state index contributed by atoms with van der Waals surface area (Å²) in [4.78, 5) is 0. The molecule has 42 valence electrons. The van der Waals surface area contributed by atoms with Crippen molar-refractivity contribution in [2.45, 2.75) is 31.8 Å². The van der Waals surface area contributed by atoms with Crippen LogP contribution in [0.3, 0.4) is 0 Å². The van der Waals surface area contributed by atoms with Gasteiger partial charge in [0.05, 0.1) is 0 Å². The van der Waals surface area contributed by atoms with Gasteiger partial charge in [0.2, 0.25) is 0 Å². The van der Waals surface area contributed by atoms with Gasteiger partial charge in [0, 0.05) is 0 Å². The maximum absolute atomic E-state index is 5.30. The van der Waals surface area contributed by atoms with Crippen LogP contribution in [0.1, 0.15) is 25.7 Å². The first-order valence-corrected chi connectivity index (χ1v) is 4.67. The predicted molar refractivity (Wildman–Crippen MR) is 33.3 cm³/mol. The molecule has 0 saturated heterocycles. The van der Waals surface area contributed by atoms with Crippen molar-refractivity contribution in [3.63, 3.8) is 0 Å². The molecule has 0 aromatic heterocycles. The molecule has 0 heterocycles. The summed E-state index contributed by atoms with van der Waals surface area (Å²) in [7, 11) is 0. The minimum absolute atomic E-state index is 0.627. The molecule has 7 heavy (non-hydrogen) atoms. The van der Waals surface area contributed by atoms with Gasteiger partial charge in [-0.15, -0.1) is 0 Å². The fourth-order valence-corrected chi connectivity index (χ4v) is 2.11. The van der Waals surface area contributed by atoms with Crippen LogP contribution in [0.2, 0.25) is 0 Å². The van der Waals surface area contributed by atoms with E-state index in [9.17, 15) is 0 Å². The molecule has 1 aliphatic rings. The molecule has 1 nitrogen and oxygen atoms in total.